The molecular weight excluding hydrogens is 286 g/mol. The fourth-order valence-corrected chi connectivity index (χ4v) is 2.00. The maximum atomic E-state index is 12.3. The van der Waals surface area contributed by atoms with Crippen molar-refractivity contribution in [2.75, 3.05) is 0 Å². The van der Waals surface area contributed by atoms with E-state index in [4.69, 9.17) is 5.11 Å². The van der Waals surface area contributed by atoms with Crippen molar-refractivity contribution in [3.05, 3.63) is 36.4 Å². The molecule has 1 atom stereocenters. The maximum absolute atomic E-state index is 12.3. The van der Waals surface area contributed by atoms with E-state index in [9.17, 15) is 9.59 Å². The first kappa shape index (κ1) is 15.7. The minimum atomic E-state index is -1.22. The van der Waals surface area contributed by atoms with E-state index in [2.05, 4.69) is 20.3 Å². The lowest BCUT2D eigenvalue weighted by molar-refractivity contribution is 0.0683. The Morgan fingerprint density at radius 2 is 2.18 bits per heavy atom. The van der Waals surface area contributed by atoms with Gasteiger partial charge in [0.05, 0.1) is 18.7 Å². The third kappa shape index (κ3) is 3.51. The topological polar surface area (TPSA) is 113 Å². The number of carboxylic acid groups (broad SMARTS) is 1. The Balaban J connectivity index is 2.18. The van der Waals surface area contributed by atoms with Crippen molar-refractivity contribution >= 4 is 11.9 Å². The molecule has 2 aromatic heterocycles. The van der Waals surface area contributed by atoms with Gasteiger partial charge < -0.3 is 20.0 Å². The first-order chi connectivity index (χ1) is 10.3. The molecular formula is C14H19N5O3. The van der Waals surface area contributed by atoms with Crippen LogP contribution in [0.5, 0.6) is 0 Å². The number of rotatable bonds is 5. The molecule has 8 nitrogen and oxygen atoms in total. The smallest absolute Gasteiger partial charge is 0.354 e. The molecule has 1 amide bonds. The number of hydrogen-bond donors (Lipinski definition) is 3. The van der Waals surface area contributed by atoms with Crippen LogP contribution in [0.4, 0.5) is 0 Å². The number of aromatic amines is 1. The minimum absolute atomic E-state index is 0.118. The van der Waals surface area contributed by atoms with Gasteiger partial charge in [-0.1, -0.05) is 20.8 Å². The van der Waals surface area contributed by atoms with Crippen molar-refractivity contribution in [2.45, 2.75) is 33.4 Å². The minimum Gasteiger partial charge on any atom is -0.477 e. The molecule has 22 heavy (non-hydrogen) atoms. The van der Waals surface area contributed by atoms with Crippen LogP contribution in [0.2, 0.25) is 0 Å². The molecule has 0 aromatic carbocycles. The largest absolute Gasteiger partial charge is 0.477 e. The molecule has 0 unspecified atom stereocenters. The third-order valence-corrected chi connectivity index (χ3v) is 3.37. The highest BCUT2D eigenvalue weighted by Gasteiger charge is 2.29. The van der Waals surface area contributed by atoms with E-state index < -0.39 is 11.9 Å². The van der Waals surface area contributed by atoms with Gasteiger partial charge in [0.1, 0.15) is 0 Å². The molecule has 2 aromatic rings. The first-order valence-electron chi connectivity index (χ1n) is 6.82. The average molecular weight is 305 g/mol. The predicted octanol–water partition coefficient (Wildman–Crippen LogP) is 1.15. The van der Waals surface area contributed by atoms with Crippen LogP contribution in [-0.4, -0.2) is 42.5 Å². The van der Waals surface area contributed by atoms with E-state index in [1.54, 1.807) is 12.5 Å². The van der Waals surface area contributed by atoms with Gasteiger partial charge in [0.25, 0.3) is 5.91 Å². The van der Waals surface area contributed by atoms with Gasteiger partial charge in [0, 0.05) is 18.9 Å². The predicted molar refractivity (Wildman–Crippen MR) is 78.5 cm³/mol. The van der Waals surface area contributed by atoms with Crippen LogP contribution < -0.4 is 5.32 Å². The summed E-state index contributed by atoms with van der Waals surface area (Å²) >= 11 is 0. The molecule has 118 valence electrons. The van der Waals surface area contributed by atoms with Gasteiger partial charge in [-0.05, 0) is 5.41 Å². The third-order valence-electron chi connectivity index (χ3n) is 3.37. The highest BCUT2D eigenvalue weighted by Crippen LogP contribution is 2.21. The summed E-state index contributed by atoms with van der Waals surface area (Å²) in [5.74, 6) is -1.73. The van der Waals surface area contributed by atoms with Crippen molar-refractivity contribution in [3.63, 3.8) is 0 Å². The Morgan fingerprint density at radius 3 is 2.73 bits per heavy atom. The second-order valence-electron chi connectivity index (χ2n) is 6.08. The van der Waals surface area contributed by atoms with Crippen molar-refractivity contribution in [2.24, 2.45) is 5.41 Å². The Labute approximate surface area is 127 Å². The molecule has 8 heteroatoms. The number of hydrogen-bond acceptors (Lipinski definition) is 4. The summed E-state index contributed by atoms with van der Waals surface area (Å²) < 4.78 is 1.86. The Bertz CT molecular complexity index is 654. The summed E-state index contributed by atoms with van der Waals surface area (Å²) in [7, 11) is 0. The van der Waals surface area contributed by atoms with Crippen LogP contribution in [0.25, 0.3) is 0 Å². The number of imidazole rings is 2. The molecule has 0 saturated carbocycles. The molecule has 2 rings (SSSR count). The monoisotopic (exact) mass is 305 g/mol. The molecule has 0 aliphatic rings. The molecule has 0 saturated heterocycles. The number of aromatic nitrogens is 4. The Kier molecular flexibility index (Phi) is 4.30. The van der Waals surface area contributed by atoms with E-state index in [1.165, 1.54) is 6.33 Å². The molecule has 3 N–H and O–H groups in total. The number of nitrogens with zero attached hydrogens (tertiary/aromatic N) is 3. The number of carbonyl (C=O) groups is 2. The summed E-state index contributed by atoms with van der Waals surface area (Å²) in [6, 6.07) is -0.215. The van der Waals surface area contributed by atoms with E-state index in [-0.39, 0.29) is 22.8 Å². The normalized spacial score (nSPS) is 12.9. The van der Waals surface area contributed by atoms with Gasteiger partial charge in [0.2, 0.25) is 0 Å². The van der Waals surface area contributed by atoms with Crippen molar-refractivity contribution in [3.8, 4) is 0 Å². The van der Waals surface area contributed by atoms with Gasteiger partial charge in [-0.3, -0.25) is 4.79 Å². The number of carbonyl (C=O) groups excluding carboxylic acids is 1. The fraction of sp³-hybridized carbons (Fsp3) is 0.429. The number of amides is 1. The second kappa shape index (κ2) is 6.00. The lowest BCUT2D eigenvalue weighted by atomic mass is 9.86. The number of carboxylic acids is 1. The number of aromatic carboxylic acids is 1. The first-order valence-corrected chi connectivity index (χ1v) is 6.82. The molecule has 0 aliphatic carbocycles. The quantitative estimate of drug-likeness (QED) is 0.767. The lowest BCUT2D eigenvalue weighted by Gasteiger charge is -2.31. The molecule has 0 aliphatic heterocycles. The van der Waals surface area contributed by atoms with Crippen LogP contribution in [0.3, 0.4) is 0 Å². The van der Waals surface area contributed by atoms with Crippen LogP contribution in [0.1, 0.15) is 41.7 Å². The molecule has 0 radical (unpaired) electrons. The Morgan fingerprint density at radius 1 is 1.45 bits per heavy atom. The number of nitrogens with one attached hydrogen (secondary N) is 2. The summed E-state index contributed by atoms with van der Waals surface area (Å²) in [4.78, 5) is 33.6. The van der Waals surface area contributed by atoms with Gasteiger partial charge >= 0.3 is 5.97 Å². The lowest BCUT2D eigenvalue weighted by Crippen LogP contribution is -2.46. The van der Waals surface area contributed by atoms with Gasteiger partial charge in [-0.25, -0.2) is 14.8 Å². The molecule has 0 bridgehead atoms. The van der Waals surface area contributed by atoms with E-state index in [0.29, 0.717) is 6.54 Å². The summed E-state index contributed by atoms with van der Waals surface area (Å²) in [5, 5.41) is 11.9. The van der Waals surface area contributed by atoms with E-state index in [1.807, 2.05) is 31.5 Å². The van der Waals surface area contributed by atoms with Crippen LogP contribution in [0, 0.1) is 5.41 Å². The van der Waals surface area contributed by atoms with E-state index >= 15 is 0 Å². The van der Waals surface area contributed by atoms with Gasteiger partial charge in [0.15, 0.2) is 11.4 Å². The molecule has 0 spiro atoms. The van der Waals surface area contributed by atoms with Gasteiger partial charge in [-0.15, -0.1) is 0 Å². The zero-order valence-electron chi connectivity index (χ0n) is 12.7. The zero-order valence-corrected chi connectivity index (χ0v) is 12.7. The molecule has 2 heterocycles. The average Bonchev–Trinajstić information content (AvgIpc) is 3.07. The second-order valence-corrected chi connectivity index (χ2v) is 6.08. The van der Waals surface area contributed by atoms with Crippen molar-refractivity contribution < 1.29 is 14.7 Å². The highest BCUT2D eigenvalue weighted by atomic mass is 16.4. The van der Waals surface area contributed by atoms with Crippen LogP contribution in [0.15, 0.2) is 25.0 Å². The summed E-state index contributed by atoms with van der Waals surface area (Å²) in [6.07, 6.45) is 6.34. The standard InChI is InChI=1S/C14H19N5O3/c1-14(2,3)9(6-19-5-4-15-8-19)18-12(20)10-11(13(21)22)17-7-16-10/h4-5,7-9H,6H2,1-3H3,(H,16,17)(H,18,20)(H,21,22)/t9-/m1/s1. The SMILES string of the molecule is CC(C)(C)[C@@H](Cn1ccnc1)NC(=O)c1nc[nH]c1C(=O)O. The summed E-state index contributed by atoms with van der Waals surface area (Å²) in [6.45, 7) is 6.52. The molecule has 0 fully saturated rings. The highest BCUT2D eigenvalue weighted by molar-refractivity contribution is 6.02. The van der Waals surface area contributed by atoms with E-state index in [0.717, 1.165) is 0 Å². The van der Waals surface area contributed by atoms with Crippen LogP contribution in [-0.2, 0) is 6.54 Å². The fourth-order valence-electron chi connectivity index (χ4n) is 2.00. The zero-order chi connectivity index (χ0) is 16.3. The Hall–Kier alpha value is -2.64. The van der Waals surface area contributed by atoms with Gasteiger partial charge in [-0.2, -0.15) is 0 Å². The van der Waals surface area contributed by atoms with Crippen molar-refractivity contribution in [1.82, 2.24) is 24.8 Å². The summed E-state index contributed by atoms with van der Waals surface area (Å²) in [5.41, 5.74) is -0.556. The van der Waals surface area contributed by atoms with Crippen LogP contribution >= 0.6 is 0 Å². The number of H-pyrrole nitrogens is 1. The van der Waals surface area contributed by atoms with Crippen molar-refractivity contribution in [1.29, 1.82) is 0 Å². The maximum Gasteiger partial charge on any atom is 0.354 e.